The molecular weight excluding hydrogens is 94.0 g/mol. The molecule has 0 saturated heterocycles. The van der Waals surface area contributed by atoms with E-state index in [1.807, 2.05) is 0 Å². The zero-order valence-corrected chi connectivity index (χ0v) is 3.57. The number of hydrogen-bond acceptors (Lipinski definition) is 3. The van der Waals surface area contributed by atoms with Crippen molar-refractivity contribution >= 4 is 0 Å². The lowest BCUT2D eigenvalue weighted by molar-refractivity contribution is -0.0116. The second kappa shape index (κ2) is 1.66. The highest BCUT2D eigenvalue weighted by molar-refractivity contribution is 5.01. The molecule has 38 valence electrons. The zero-order valence-electron chi connectivity index (χ0n) is 3.57. The Morgan fingerprint density at radius 3 is 2.57 bits per heavy atom. The quantitative estimate of drug-likeness (QED) is 0.448. The van der Waals surface area contributed by atoms with Crippen molar-refractivity contribution < 1.29 is 4.84 Å². The van der Waals surface area contributed by atoms with Crippen LogP contribution in [-0.2, 0) is 4.84 Å². The van der Waals surface area contributed by atoms with Gasteiger partial charge in [-0.05, 0) is 12.2 Å². The third kappa shape index (κ3) is 0.940. The average molecular weight is 98.1 g/mol. The van der Waals surface area contributed by atoms with Crippen molar-refractivity contribution in [2.75, 3.05) is 0 Å². The van der Waals surface area contributed by atoms with Crippen LogP contribution in [0.2, 0.25) is 0 Å². The van der Waals surface area contributed by atoms with Crippen molar-refractivity contribution in [3.8, 4) is 0 Å². The van der Waals surface area contributed by atoms with E-state index in [9.17, 15) is 5.21 Å². The van der Waals surface area contributed by atoms with Crippen LogP contribution in [0.5, 0.6) is 0 Å². The van der Waals surface area contributed by atoms with Crippen molar-refractivity contribution in [3.63, 3.8) is 0 Å². The van der Waals surface area contributed by atoms with Gasteiger partial charge in [-0.15, -0.1) is 0 Å². The van der Waals surface area contributed by atoms with Gasteiger partial charge in [-0.2, -0.15) is 0 Å². The summed E-state index contributed by atoms with van der Waals surface area (Å²) in [7, 11) is 0. The van der Waals surface area contributed by atoms with Crippen molar-refractivity contribution in [1.29, 1.82) is 0 Å². The molecule has 1 rings (SSSR count). The zero-order chi connectivity index (χ0) is 5.11. The lowest BCUT2D eigenvalue weighted by Crippen LogP contribution is -2.05. The maximum Gasteiger partial charge on any atom is 0.118 e. The highest BCUT2D eigenvalue weighted by Crippen LogP contribution is 1.95. The molecule has 7 heavy (non-hydrogen) atoms. The van der Waals surface area contributed by atoms with Crippen LogP contribution in [0, 0.1) is 5.21 Å². The van der Waals surface area contributed by atoms with Crippen molar-refractivity contribution in [1.82, 2.24) is 5.23 Å². The Bertz CT molecular complexity index is 108. The summed E-state index contributed by atoms with van der Waals surface area (Å²) in [6.07, 6.45) is 5.82. The second-order valence-corrected chi connectivity index (χ2v) is 1.06. The first-order valence-electron chi connectivity index (χ1n) is 1.86. The van der Waals surface area contributed by atoms with Gasteiger partial charge in [0.05, 0.1) is 0 Å². The van der Waals surface area contributed by atoms with Gasteiger partial charge < -0.3 is 10.0 Å². The highest BCUT2D eigenvalue weighted by atomic mass is 16.9. The van der Waals surface area contributed by atoms with E-state index in [-0.39, 0.29) is 0 Å². The minimum absolute atomic E-state index is 0.375. The van der Waals surface area contributed by atoms with Crippen molar-refractivity contribution in [3.05, 3.63) is 29.8 Å². The smallest absolute Gasteiger partial charge is 0.118 e. The fourth-order valence-corrected chi connectivity index (χ4v) is 0.296. The molecule has 0 aromatic heterocycles. The topological polar surface area (TPSA) is 35.5 Å². The third-order valence-electron chi connectivity index (χ3n) is 0.562. The normalized spacial score (nSPS) is 17.0. The molecule has 0 atom stereocenters. The van der Waals surface area contributed by atoms with Crippen molar-refractivity contribution in [2.45, 2.75) is 0 Å². The summed E-state index contributed by atoms with van der Waals surface area (Å²) in [6.45, 7) is 0. The van der Waals surface area contributed by atoms with Crippen LogP contribution >= 0.6 is 0 Å². The van der Waals surface area contributed by atoms with E-state index in [0.717, 1.165) is 0 Å². The Hall–Kier alpha value is -0.960. The van der Waals surface area contributed by atoms with Gasteiger partial charge in [0.25, 0.3) is 0 Å². The van der Waals surface area contributed by atoms with Crippen LogP contribution in [0.15, 0.2) is 24.6 Å². The first kappa shape index (κ1) is 4.21. The minimum atomic E-state index is 0.375. The van der Waals surface area contributed by atoms with Gasteiger partial charge in [0.1, 0.15) is 6.26 Å². The molecule has 1 aliphatic heterocycles. The predicted molar refractivity (Wildman–Crippen MR) is 24.6 cm³/mol. The maximum absolute atomic E-state index is 10.0. The fraction of sp³-hybridized carbons (Fsp3) is 0. The molecule has 0 saturated carbocycles. The number of rotatable bonds is 0. The van der Waals surface area contributed by atoms with E-state index in [1.54, 1.807) is 12.2 Å². The summed E-state index contributed by atoms with van der Waals surface area (Å²) in [6, 6.07) is 0. The molecule has 0 aliphatic carbocycles. The second-order valence-electron chi connectivity index (χ2n) is 1.06. The van der Waals surface area contributed by atoms with Crippen LogP contribution in [-0.4, -0.2) is 5.23 Å². The molecule has 0 spiro atoms. The summed E-state index contributed by atoms with van der Waals surface area (Å²) >= 11 is 0. The molecule has 3 nitrogen and oxygen atoms in total. The van der Waals surface area contributed by atoms with Crippen LogP contribution in [0.1, 0.15) is 0 Å². The molecule has 0 unspecified atom stereocenters. The molecule has 1 aliphatic rings. The van der Waals surface area contributed by atoms with Crippen LogP contribution < -0.4 is 0 Å². The predicted octanol–water partition coefficient (Wildman–Crippen LogP) is 0.759. The third-order valence-corrected chi connectivity index (χ3v) is 0.562. The van der Waals surface area contributed by atoms with Gasteiger partial charge in [-0.3, -0.25) is 5.23 Å². The molecule has 0 fully saturated rings. The van der Waals surface area contributed by atoms with Gasteiger partial charge >= 0.3 is 0 Å². The Morgan fingerprint density at radius 2 is 2.29 bits per heavy atom. The molecule has 0 aromatic rings. The molecule has 3 heteroatoms. The Balaban J connectivity index is 2.49. The molecule has 0 bridgehead atoms. The van der Waals surface area contributed by atoms with E-state index in [1.165, 1.54) is 12.5 Å². The van der Waals surface area contributed by atoms with Crippen LogP contribution in [0.4, 0.5) is 0 Å². The number of nitrogens with zero attached hydrogens (tertiary/aromatic N) is 1. The molecular formula is C4H4NO2-. The van der Waals surface area contributed by atoms with Crippen molar-refractivity contribution in [2.24, 2.45) is 0 Å². The molecule has 1 heterocycles. The minimum Gasteiger partial charge on any atom is -0.724 e. The van der Waals surface area contributed by atoms with Gasteiger partial charge in [-0.1, -0.05) is 0 Å². The van der Waals surface area contributed by atoms with Crippen LogP contribution in [0.3, 0.4) is 0 Å². The number of allylic oxidation sites excluding steroid dienone is 2. The lowest BCUT2D eigenvalue weighted by atomic mass is 10.6. The average Bonchev–Trinajstić information content (AvgIpc) is 1.69. The summed E-state index contributed by atoms with van der Waals surface area (Å²) in [5.74, 6) is 0. The van der Waals surface area contributed by atoms with E-state index in [2.05, 4.69) is 4.84 Å². The summed E-state index contributed by atoms with van der Waals surface area (Å²) < 4.78 is 0. The molecule has 0 aromatic carbocycles. The maximum atomic E-state index is 10.0. The summed E-state index contributed by atoms with van der Waals surface area (Å²) in [5, 5.41) is 10.4. The van der Waals surface area contributed by atoms with Gasteiger partial charge in [-0.25, -0.2) is 0 Å². The SMILES string of the molecule is [O-]N1C=CC=CO1. The molecule has 0 N–H and O–H groups in total. The summed E-state index contributed by atoms with van der Waals surface area (Å²) in [4.78, 5) is 4.29. The standard InChI is InChI=1S/C4H4NO2/c6-5-3-1-2-4-7-5/h1-4H/q-1. The monoisotopic (exact) mass is 98.0 g/mol. The van der Waals surface area contributed by atoms with E-state index < -0.39 is 0 Å². The number of hydroxylamine groups is 2. The largest absolute Gasteiger partial charge is 0.724 e. The van der Waals surface area contributed by atoms with Gasteiger partial charge in [0, 0.05) is 6.20 Å². The summed E-state index contributed by atoms with van der Waals surface area (Å²) in [5.41, 5.74) is 0. The Morgan fingerprint density at radius 1 is 1.43 bits per heavy atom. The first-order valence-corrected chi connectivity index (χ1v) is 1.86. The van der Waals surface area contributed by atoms with Crippen LogP contribution in [0.25, 0.3) is 0 Å². The van der Waals surface area contributed by atoms with Gasteiger partial charge in [0.15, 0.2) is 0 Å². The first-order chi connectivity index (χ1) is 3.39. The molecule has 0 amide bonds. The number of hydrogen-bond donors (Lipinski definition) is 0. The highest BCUT2D eigenvalue weighted by Gasteiger charge is 1.79. The Labute approximate surface area is 41.0 Å². The van der Waals surface area contributed by atoms with E-state index in [0.29, 0.717) is 5.23 Å². The molecule has 0 radical (unpaired) electrons. The van der Waals surface area contributed by atoms with E-state index >= 15 is 0 Å². The fourth-order valence-electron chi connectivity index (χ4n) is 0.296. The Kier molecular flexibility index (Phi) is 0.997. The van der Waals surface area contributed by atoms with Gasteiger partial charge in [0.2, 0.25) is 0 Å². The lowest BCUT2D eigenvalue weighted by Gasteiger charge is -2.24. The van der Waals surface area contributed by atoms with E-state index in [4.69, 9.17) is 0 Å².